The molecule has 0 fully saturated rings. The Morgan fingerprint density at radius 3 is 2.73 bits per heavy atom. The summed E-state index contributed by atoms with van der Waals surface area (Å²) in [6.45, 7) is 2.24. The Hall–Kier alpha value is -0.720. The first-order valence-corrected chi connectivity index (χ1v) is 4.45. The molecular weight excluding hydrogens is 134 g/mol. The first-order chi connectivity index (χ1) is 5.34. The summed E-state index contributed by atoms with van der Waals surface area (Å²) in [6.07, 6.45) is 7.34. The lowest BCUT2D eigenvalue weighted by Gasteiger charge is -2.01. The van der Waals surface area contributed by atoms with E-state index in [1.54, 1.807) is 0 Å². The van der Waals surface area contributed by atoms with Crippen LogP contribution in [0.15, 0.2) is 18.3 Å². The molecular formula is C10H17N. The highest BCUT2D eigenvalue weighted by molar-refractivity contribution is 5.06. The molecule has 0 bridgehead atoms. The van der Waals surface area contributed by atoms with Gasteiger partial charge in [0, 0.05) is 18.9 Å². The van der Waals surface area contributed by atoms with Crippen molar-refractivity contribution in [2.24, 2.45) is 7.05 Å². The maximum atomic E-state index is 2.24. The van der Waals surface area contributed by atoms with Gasteiger partial charge in [-0.3, -0.25) is 0 Å². The summed E-state index contributed by atoms with van der Waals surface area (Å²) in [5, 5.41) is 0. The molecule has 1 aromatic heterocycles. The van der Waals surface area contributed by atoms with E-state index in [2.05, 4.69) is 36.9 Å². The van der Waals surface area contributed by atoms with Gasteiger partial charge in [0.2, 0.25) is 0 Å². The molecule has 0 aliphatic rings. The van der Waals surface area contributed by atoms with Crippen LogP contribution < -0.4 is 0 Å². The van der Waals surface area contributed by atoms with Crippen molar-refractivity contribution in [1.82, 2.24) is 4.57 Å². The van der Waals surface area contributed by atoms with E-state index >= 15 is 0 Å². The molecule has 62 valence electrons. The zero-order valence-electron chi connectivity index (χ0n) is 7.51. The quantitative estimate of drug-likeness (QED) is 0.583. The van der Waals surface area contributed by atoms with Crippen LogP contribution in [0, 0.1) is 0 Å². The molecule has 1 aromatic rings. The molecule has 0 saturated heterocycles. The second-order valence-electron chi connectivity index (χ2n) is 3.07. The first-order valence-electron chi connectivity index (χ1n) is 4.45. The molecule has 0 radical (unpaired) electrons. The molecule has 0 atom stereocenters. The third kappa shape index (κ3) is 2.41. The van der Waals surface area contributed by atoms with E-state index in [0.29, 0.717) is 0 Å². The van der Waals surface area contributed by atoms with Gasteiger partial charge in [-0.05, 0) is 25.0 Å². The van der Waals surface area contributed by atoms with Gasteiger partial charge in [0.05, 0.1) is 0 Å². The predicted octanol–water partition coefficient (Wildman–Crippen LogP) is 2.76. The fourth-order valence-electron chi connectivity index (χ4n) is 1.31. The Balaban J connectivity index is 2.32. The maximum absolute atomic E-state index is 2.24. The van der Waals surface area contributed by atoms with Crippen molar-refractivity contribution in [2.45, 2.75) is 32.6 Å². The number of aromatic nitrogens is 1. The summed E-state index contributed by atoms with van der Waals surface area (Å²) < 4.78 is 2.20. The minimum absolute atomic E-state index is 1.23. The number of hydrogen-bond donors (Lipinski definition) is 0. The van der Waals surface area contributed by atoms with E-state index in [1.165, 1.54) is 31.4 Å². The minimum atomic E-state index is 1.23. The van der Waals surface area contributed by atoms with Crippen LogP contribution >= 0.6 is 0 Å². The Labute approximate surface area is 69.0 Å². The van der Waals surface area contributed by atoms with Crippen LogP contribution in [0.2, 0.25) is 0 Å². The molecule has 0 aromatic carbocycles. The van der Waals surface area contributed by atoms with Crippen molar-refractivity contribution in [3.8, 4) is 0 Å². The van der Waals surface area contributed by atoms with Gasteiger partial charge in [-0.2, -0.15) is 0 Å². The monoisotopic (exact) mass is 151 g/mol. The normalized spacial score (nSPS) is 10.4. The number of rotatable bonds is 4. The molecule has 0 unspecified atom stereocenters. The topological polar surface area (TPSA) is 4.93 Å². The zero-order chi connectivity index (χ0) is 8.10. The van der Waals surface area contributed by atoms with E-state index in [0.717, 1.165) is 0 Å². The third-order valence-electron chi connectivity index (χ3n) is 2.09. The Morgan fingerprint density at radius 2 is 2.18 bits per heavy atom. The lowest BCUT2D eigenvalue weighted by Crippen LogP contribution is -1.94. The summed E-state index contributed by atoms with van der Waals surface area (Å²) in [5.41, 5.74) is 1.46. The van der Waals surface area contributed by atoms with Crippen LogP contribution in [0.3, 0.4) is 0 Å². The molecule has 0 N–H and O–H groups in total. The van der Waals surface area contributed by atoms with Gasteiger partial charge in [-0.15, -0.1) is 0 Å². The Morgan fingerprint density at radius 1 is 1.36 bits per heavy atom. The fourth-order valence-corrected chi connectivity index (χ4v) is 1.31. The number of unbranched alkanes of at least 4 members (excludes halogenated alkanes) is 2. The van der Waals surface area contributed by atoms with Crippen LogP contribution in [-0.4, -0.2) is 4.57 Å². The SMILES string of the molecule is CCCCCc1cccn1C. The number of hydrogen-bond acceptors (Lipinski definition) is 0. The van der Waals surface area contributed by atoms with E-state index in [9.17, 15) is 0 Å². The third-order valence-corrected chi connectivity index (χ3v) is 2.09. The smallest absolute Gasteiger partial charge is 0.0171 e. The molecule has 1 rings (SSSR count). The average Bonchev–Trinajstić information content (AvgIpc) is 2.37. The average molecular weight is 151 g/mol. The summed E-state index contributed by atoms with van der Waals surface area (Å²) in [6, 6.07) is 4.32. The summed E-state index contributed by atoms with van der Waals surface area (Å²) in [5.74, 6) is 0. The second kappa shape index (κ2) is 4.22. The summed E-state index contributed by atoms with van der Waals surface area (Å²) >= 11 is 0. The van der Waals surface area contributed by atoms with Crippen molar-refractivity contribution >= 4 is 0 Å². The van der Waals surface area contributed by atoms with E-state index < -0.39 is 0 Å². The van der Waals surface area contributed by atoms with Crippen LogP contribution in [0.4, 0.5) is 0 Å². The lowest BCUT2D eigenvalue weighted by molar-refractivity contribution is 0.686. The van der Waals surface area contributed by atoms with Gasteiger partial charge < -0.3 is 4.57 Å². The highest BCUT2D eigenvalue weighted by Crippen LogP contribution is 2.05. The molecule has 1 heteroatoms. The maximum Gasteiger partial charge on any atom is 0.0171 e. The molecule has 0 saturated carbocycles. The van der Waals surface area contributed by atoms with Gasteiger partial charge in [-0.25, -0.2) is 0 Å². The van der Waals surface area contributed by atoms with Gasteiger partial charge in [0.1, 0.15) is 0 Å². The van der Waals surface area contributed by atoms with E-state index in [1.807, 2.05) is 0 Å². The van der Waals surface area contributed by atoms with Crippen molar-refractivity contribution in [1.29, 1.82) is 0 Å². The number of aryl methyl sites for hydroxylation is 2. The standard InChI is InChI=1S/C10H17N/c1-3-4-5-7-10-8-6-9-11(10)2/h6,8-9H,3-5,7H2,1-2H3. The Kier molecular flexibility index (Phi) is 3.21. The second-order valence-corrected chi connectivity index (χ2v) is 3.07. The van der Waals surface area contributed by atoms with E-state index in [4.69, 9.17) is 0 Å². The van der Waals surface area contributed by atoms with Crippen LogP contribution in [0.5, 0.6) is 0 Å². The predicted molar refractivity (Wildman–Crippen MR) is 48.6 cm³/mol. The van der Waals surface area contributed by atoms with Gasteiger partial charge in [0.25, 0.3) is 0 Å². The van der Waals surface area contributed by atoms with Crippen molar-refractivity contribution < 1.29 is 0 Å². The lowest BCUT2D eigenvalue weighted by atomic mass is 10.1. The van der Waals surface area contributed by atoms with Crippen molar-refractivity contribution in [2.75, 3.05) is 0 Å². The van der Waals surface area contributed by atoms with Gasteiger partial charge in [0.15, 0.2) is 0 Å². The van der Waals surface area contributed by atoms with Gasteiger partial charge in [-0.1, -0.05) is 19.8 Å². The molecule has 0 aliphatic heterocycles. The first kappa shape index (κ1) is 8.38. The van der Waals surface area contributed by atoms with Crippen LogP contribution in [0.1, 0.15) is 31.9 Å². The Bertz CT molecular complexity index is 200. The van der Waals surface area contributed by atoms with Crippen molar-refractivity contribution in [3.05, 3.63) is 24.0 Å². The van der Waals surface area contributed by atoms with Gasteiger partial charge >= 0.3 is 0 Å². The van der Waals surface area contributed by atoms with Crippen LogP contribution in [0.25, 0.3) is 0 Å². The molecule has 0 amide bonds. The summed E-state index contributed by atoms with van der Waals surface area (Å²) in [7, 11) is 2.11. The molecule has 1 heterocycles. The molecule has 11 heavy (non-hydrogen) atoms. The van der Waals surface area contributed by atoms with E-state index in [-0.39, 0.29) is 0 Å². The fraction of sp³-hybridized carbons (Fsp3) is 0.600. The highest BCUT2D eigenvalue weighted by atomic mass is 14.9. The molecule has 0 spiro atoms. The minimum Gasteiger partial charge on any atom is -0.354 e. The molecule has 1 nitrogen and oxygen atoms in total. The zero-order valence-corrected chi connectivity index (χ0v) is 7.51. The number of nitrogens with zero attached hydrogens (tertiary/aromatic N) is 1. The van der Waals surface area contributed by atoms with Crippen LogP contribution in [-0.2, 0) is 13.5 Å². The highest BCUT2D eigenvalue weighted by Gasteiger charge is 1.94. The van der Waals surface area contributed by atoms with Crippen molar-refractivity contribution in [3.63, 3.8) is 0 Å². The summed E-state index contributed by atoms with van der Waals surface area (Å²) in [4.78, 5) is 0. The largest absolute Gasteiger partial charge is 0.354 e. The molecule has 0 aliphatic carbocycles.